The van der Waals surface area contributed by atoms with E-state index in [1.807, 2.05) is 12.1 Å². The summed E-state index contributed by atoms with van der Waals surface area (Å²) in [6.07, 6.45) is 3.21. The molecule has 2 heterocycles. The van der Waals surface area contributed by atoms with Gasteiger partial charge in [0.25, 0.3) is 0 Å². The fourth-order valence-corrected chi connectivity index (χ4v) is 7.13. The molecular weight excluding hydrogens is 380 g/mol. The van der Waals surface area contributed by atoms with Crippen LogP contribution in [0.2, 0.25) is 0 Å². The van der Waals surface area contributed by atoms with E-state index < -0.39 is 0 Å². The molecule has 0 N–H and O–H groups in total. The maximum atomic E-state index is 13.5. The second-order valence-electron chi connectivity index (χ2n) is 7.73. The Morgan fingerprint density at radius 2 is 1.62 bits per heavy atom. The minimum absolute atomic E-state index is 0.144. The van der Waals surface area contributed by atoms with E-state index in [2.05, 4.69) is 63.7 Å². The fourth-order valence-electron chi connectivity index (χ4n) is 4.37. The van der Waals surface area contributed by atoms with Gasteiger partial charge in [-0.1, -0.05) is 66.0 Å². The van der Waals surface area contributed by atoms with Crippen LogP contribution in [-0.4, -0.2) is 52.1 Å². The van der Waals surface area contributed by atoms with Crippen LogP contribution >= 0.6 is 10.5 Å². The summed E-state index contributed by atoms with van der Waals surface area (Å²) in [5.41, 5.74) is 2.41. The van der Waals surface area contributed by atoms with Crippen molar-refractivity contribution >= 4 is 21.9 Å². The number of carbonyl (C=O) groups excluding carboxylic acids is 1. The van der Waals surface area contributed by atoms with Crippen LogP contribution in [0.4, 0.5) is 4.79 Å². The van der Waals surface area contributed by atoms with Crippen LogP contribution in [0.1, 0.15) is 30.4 Å². The molecule has 0 bridgehead atoms. The minimum Gasteiger partial charge on any atom is -0.385 e. The van der Waals surface area contributed by atoms with Gasteiger partial charge in [-0.3, -0.25) is 0 Å². The standard InChI is InChI=1S/C24H30N2O2S/c1-28-15-8-9-16-29-17-14-22-23(29)26(19-21-12-6-3-7-13-21)24(27)25(22)18-20-10-4-2-5-11-20/h2-7,10-13,16,22-23H,8-9,14-15,17-19H2,1H3/t22-,23+,29?/m1/s1. The predicted molar refractivity (Wildman–Crippen MR) is 121 cm³/mol. The largest absolute Gasteiger partial charge is 0.385 e. The monoisotopic (exact) mass is 410 g/mol. The van der Waals surface area contributed by atoms with Crippen LogP contribution in [0, 0.1) is 0 Å². The highest BCUT2D eigenvalue weighted by atomic mass is 32.2. The van der Waals surface area contributed by atoms with Crippen LogP contribution in [0.25, 0.3) is 0 Å². The van der Waals surface area contributed by atoms with E-state index in [0.717, 1.165) is 25.9 Å². The summed E-state index contributed by atoms with van der Waals surface area (Å²) in [6, 6.07) is 21.3. The molecule has 3 atom stereocenters. The molecule has 2 aliphatic rings. The van der Waals surface area contributed by atoms with E-state index >= 15 is 0 Å². The second kappa shape index (κ2) is 9.59. The molecule has 0 spiro atoms. The minimum atomic E-state index is 0.144. The molecule has 5 heteroatoms. The van der Waals surface area contributed by atoms with Gasteiger partial charge < -0.3 is 14.5 Å². The maximum absolute atomic E-state index is 13.5. The molecule has 2 aromatic rings. The Balaban J connectivity index is 1.57. The first-order valence-corrected chi connectivity index (χ1v) is 12.0. The first-order chi connectivity index (χ1) is 14.3. The summed E-state index contributed by atoms with van der Waals surface area (Å²) < 4.78 is 5.20. The Labute approximate surface area is 176 Å². The number of hydrogen-bond donors (Lipinski definition) is 0. The normalized spacial score (nSPS) is 23.8. The van der Waals surface area contributed by atoms with Crippen molar-refractivity contribution in [2.24, 2.45) is 0 Å². The summed E-state index contributed by atoms with van der Waals surface area (Å²) >= 11 is 0. The van der Waals surface area contributed by atoms with Crippen LogP contribution in [0.15, 0.2) is 60.7 Å². The van der Waals surface area contributed by atoms with Gasteiger partial charge in [-0.2, -0.15) is 10.5 Å². The van der Waals surface area contributed by atoms with Crippen molar-refractivity contribution < 1.29 is 9.53 Å². The highest BCUT2D eigenvalue weighted by Crippen LogP contribution is 2.45. The zero-order chi connectivity index (χ0) is 20.1. The third-order valence-electron chi connectivity index (χ3n) is 5.76. The van der Waals surface area contributed by atoms with Crippen LogP contribution < -0.4 is 0 Å². The van der Waals surface area contributed by atoms with Crippen molar-refractivity contribution in [2.75, 3.05) is 19.5 Å². The van der Waals surface area contributed by atoms with E-state index in [4.69, 9.17) is 4.74 Å². The van der Waals surface area contributed by atoms with Crippen molar-refractivity contribution in [3.05, 3.63) is 71.8 Å². The van der Waals surface area contributed by atoms with Gasteiger partial charge in [0.2, 0.25) is 0 Å². The Kier molecular flexibility index (Phi) is 6.67. The number of hydrogen-bond acceptors (Lipinski definition) is 2. The Morgan fingerprint density at radius 1 is 1.00 bits per heavy atom. The Hall–Kier alpha value is -2.11. The zero-order valence-corrected chi connectivity index (χ0v) is 17.9. The lowest BCUT2D eigenvalue weighted by molar-refractivity contribution is 0.181. The van der Waals surface area contributed by atoms with Gasteiger partial charge in [0.15, 0.2) is 0 Å². The Bertz CT molecular complexity index is 840. The van der Waals surface area contributed by atoms with Gasteiger partial charge in [0.05, 0.1) is 11.4 Å². The number of carbonyl (C=O) groups is 1. The molecule has 4 nitrogen and oxygen atoms in total. The van der Waals surface area contributed by atoms with Crippen LogP contribution in [0.5, 0.6) is 0 Å². The first kappa shape index (κ1) is 20.2. The highest BCUT2D eigenvalue weighted by Gasteiger charge is 2.49. The summed E-state index contributed by atoms with van der Waals surface area (Å²) in [4.78, 5) is 17.7. The van der Waals surface area contributed by atoms with Gasteiger partial charge in [-0.05, 0) is 36.1 Å². The van der Waals surface area contributed by atoms with E-state index in [9.17, 15) is 4.79 Å². The molecular formula is C24H30N2O2S. The molecule has 2 aliphatic heterocycles. The van der Waals surface area contributed by atoms with E-state index in [1.165, 1.54) is 16.9 Å². The predicted octanol–water partition coefficient (Wildman–Crippen LogP) is 4.72. The zero-order valence-electron chi connectivity index (χ0n) is 17.1. The smallest absolute Gasteiger partial charge is 0.321 e. The fraction of sp³-hybridized carbons (Fsp3) is 0.417. The lowest BCUT2D eigenvalue weighted by Gasteiger charge is -2.24. The molecule has 2 fully saturated rings. The second-order valence-corrected chi connectivity index (χ2v) is 9.89. The molecule has 154 valence electrons. The first-order valence-electron chi connectivity index (χ1n) is 10.4. The molecule has 0 radical (unpaired) electrons. The third-order valence-corrected chi connectivity index (χ3v) is 8.32. The molecule has 1 unspecified atom stereocenters. The van der Waals surface area contributed by atoms with Crippen molar-refractivity contribution in [1.82, 2.24) is 9.80 Å². The number of methoxy groups -OCH3 is 1. The molecule has 4 rings (SSSR count). The molecule has 0 aliphatic carbocycles. The molecule has 0 aromatic heterocycles. The number of rotatable bonds is 8. The topological polar surface area (TPSA) is 32.8 Å². The molecule has 29 heavy (non-hydrogen) atoms. The van der Waals surface area contributed by atoms with Gasteiger partial charge in [-0.25, -0.2) is 4.79 Å². The number of ether oxygens (including phenoxy) is 1. The summed E-state index contributed by atoms with van der Waals surface area (Å²) in [6.45, 7) is 2.20. The van der Waals surface area contributed by atoms with Crippen molar-refractivity contribution in [2.45, 2.75) is 43.8 Å². The van der Waals surface area contributed by atoms with Crippen molar-refractivity contribution in [3.8, 4) is 0 Å². The summed E-state index contributed by atoms with van der Waals surface area (Å²) in [5.74, 6) is 1.19. The number of benzene rings is 2. The van der Waals surface area contributed by atoms with Crippen molar-refractivity contribution in [1.29, 1.82) is 0 Å². The summed E-state index contributed by atoms with van der Waals surface area (Å²) in [5, 5.41) is 2.77. The average molecular weight is 411 g/mol. The number of amides is 2. The highest BCUT2D eigenvalue weighted by molar-refractivity contribution is 8.15. The quantitative estimate of drug-likeness (QED) is 0.466. The number of unbranched alkanes of at least 4 members (excludes halogenated alkanes) is 1. The van der Waals surface area contributed by atoms with E-state index in [1.54, 1.807) is 7.11 Å². The number of urea groups is 1. The number of fused-ring (bicyclic) bond motifs is 1. The van der Waals surface area contributed by atoms with E-state index in [-0.39, 0.29) is 16.5 Å². The van der Waals surface area contributed by atoms with Crippen molar-refractivity contribution in [3.63, 3.8) is 0 Å². The van der Waals surface area contributed by atoms with Crippen LogP contribution in [-0.2, 0) is 17.8 Å². The van der Waals surface area contributed by atoms with Gasteiger partial charge in [0, 0.05) is 26.8 Å². The van der Waals surface area contributed by atoms with Crippen LogP contribution in [0.3, 0.4) is 0 Å². The lowest BCUT2D eigenvalue weighted by atomic mass is 10.1. The SMILES string of the molecule is COCCCC=S1CC[C@@H]2[C@H]1N(Cc1ccccc1)C(=O)N2Cc1ccccc1. The lowest BCUT2D eigenvalue weighted by Crippen LogP contribution is -2.34. The molecule has 2 saturated heterocycles. The molecule has 2 amide bonds. The van der Waals surface area contributed by atoms with Gasteiger partial charge in [-0.15, -0.1) is 0 Å². The van der Waals surface area contributed by atoms with Gasteiger partial charge in [0.1, 0.15) is 0 Å². The van der Waals surface area contributed by atoms with Gasteiger partial charge >= 0.3 is 6.03 Å². The average Bonchev–Trinajstić information content (AvgIpc) is 3.27. The number of nitrogens with zero attached hydrogens (tertiary/aromatic N) is 2. The molecule has 2 aromatic carbocycles. The maximum Gasteiger partial charge on any atom is 0.321 e. The Morgan fingerprint density at radius 3 is 2.24 bits per heavy atom. The molecule has 0 saturated carbocycles. The third kappa shape index (κ3) is 4.57. The van der Waals surface area contributed by atoms with E-state index in [0.29, 0.717) is 24.5 Å². The summed E-state index contributed by atoms with van der Waals surface area (Å²) in [7, 11) is 1.90.